The van der Waals surface area contributed by atoms with Crippen LogP contribution in [0.3, 0.4) is 0 Å². The van der Waals surface area contributed by atoms with Gasteiger partial charge in [0.25, 0.3) is 12.9 Å². The molecule has 25 heavy (non-hydrogen) atoms. The molecule has 2 heterocycles. The number of benzene rings is 1. The molecule has 3 rings (SSSR count). The molecular weight excluding hydrogens is 365 g/mol. The minimum Gasteiger partial charge on any atom is -0.271 e. The average molecular weight is 375 g/mol. The summed E-state index contributed by atoms with van der Waals surface area (Å²) in [6, 6.07) is 5.89. The van der Waals surface area contributed by atoms with Gasteiger partial charge in [0.2, 0.25) is 0 Å². The van der Waals surface area contributed by atoms with Crippen molar-refractivity contribution in [1.29, 1.82) is 0 Å². The molecule has 0 aliphatic carbocycles. The highest BCUT2D eigenvalue weighted by Gasteiger charge is 2.22. The number of nitrogens with one attached hydrogen (secondary N) is 1. The van der Waals surface area contributed by atoms with Gasteiger partial charge in [0.1, 0.15) is 23.7 Å². The number of rotatable bonds is 5. The Morgan fingerprint density at radius 1 is 1.08 bits per heavy atom. The summed E-state index contributed by atoms with van der Waals surface area (Å²) >= 11 is 5.09. The maximum Gasteiger partial charge on any atom is 0.282 e. The van der Waals surface area contributed by atoms with Crippen molar-refractivity contribution in [2.75, 3.05) is 0 Å². The molecule has 1 N–H and O–H groups in total. The molecule has 3 aromatic rings. The highest BCUT2D eigenvalue weighted by Crippen LogP contribution is 2.25. The van der Waals surface area contributed by atoms with E-state index in [2.05, 4.69) is 15.3 Å². The first kappa shape index (κ1) is 17.3. The summed E-state index contributed by atoms with van der Waals surface area (Å²) in [6.07, 6.45) is -5.96. The van der Waals surface area contributed by atoms with E-state index in [0.29, 0.717) is 11.8 Å². The van der Waals surface area contributed by atoms with Gasteiger partial charge in [-0.3, -0.25) is 14.3 Å². The van der Waals surface area contributed by atoms with Gasteiger partial charge in [0, 0.05) is 5.69 Å². The van der Waals surface area contributed by atoms with Crippen molar-refractivity contribution in [3.63, 3.8) is 0 Å². The lowest BCUT2D eigenvalue weighted by atomic mass is 10.3. The van der Waals surface area contributed by atoms with E-state index in [4.69, 9.17) is 12.2 Å². The molecule has 0 bridgehead atoms. The van der Waals surface area contributed by atoms with Crippen LogP contribution in [-0.4, -0.2) is 24.5 Å². The first-order valence-corrected chi connectivity index (χ1v) is 7.34. The third-order valence-electron chi connectivity index (χ3n) is 3.39. The van der Waals surface area contributed by atoms with Crippen LogP contribution in [0, 0.1) is 10.6 Å². The Balaban J connectivity index is 2.03. The minimum absolute atomic E-state index is 0.140. The molecule has 0 atom stereocenters. The number of nitrogens with zero attached hydrogens (tertiary/aromatic N) is 4. The second kappa shape index (κ2) is 6.75. The van der Waals surface area contributed by atoms with Gasteiger partial charge < -0.3 is 0 Å². The van der Waals surface area contributed by atoms with Gasteiger partial charge in [-0.2, -0.15) is 10.2 Å². The standard InChI is InChI=1S/C14H10F5N5S/c15-7-1-3-8(4-2-7)24-11(20-21-14(24)25)6-23-10(13(18)19)5-9(22-23)12(16)17/h1-5,12-13H,6H2,(H,21,25). The Morgan fingerprint density at radius 3 is 2.36 bits per heavy atom. The molecule has 2 aromatic heterocycles. The van der Waals surface area contributed by atoms with Crippen LogP contribution < -0.4 is 0 Å². The topological polar surface area (TPSA) is 51.4 Å². The second-order valence-corrected chi connectivity index (χ2v) is 5.40. The van der Waals surface area contributed by atoms with Crippen LogP contribution in [0.2, 0.25) is 0 Å². The molecule has 5 nitrogen and oxygen atoms in total. The van der Waals surface area contributed by atoms with Crippen LogP contribution in [0.1, 0.15) is 30.1 Å². The molecule has 0 unspecified atom stereocenters. The van der Waals surface area contributed by atoms with E-state index in [1.807, 2.05) is 0 Å². The fourth-order valence-corrected chi connectivity index (χ4v) is 2.54. The molecule has 0 aliphatic heterocycles. The summed E-state index contributed by atoms with van der Waals surface area (Å²) in [5.74, 6) is -0.309. The monoisotopic (exact) mass is 375 g/mol. The van der Waals surface area contributed by atoms with Crippen LogP contribution in [0.15, 0.2) is 30.3 Å². The summed E-state index contributed by atoms with van der Waals surface area (Å²) in [6.45, 7) is -0.323. The Morgan fingerprint density at radius 2 is 1.76 bits per heavy atom. The van der Waals surface area contributed by atoms with E-state index in [0.717, 1.165) is 4.68 Å². The largest absolute Gasteiger partial charge is 0.282 e. The van der Waals surface area contributed by atoms with Crippen LogP contribution in [0.5, 0.6) is 0 Å². The number of hydrogen-bond donors (Lipinski definition) is 1. The third-order valence-corrected chi connectivity index (χ3v) is 3.67. The fourth-order valence-electron chi connectivity index (χ4n) is 2.29. The molecule has 0 spiro atoms. The predicted molar refractivity (Wildman–Crippen MR) is 79.9 cm³/mol. The average Bonchev–Trinajstić information content (AvgIpc) is 3.13. The smallest absolute Gasteiger partial charge is 0.271 e. The highest BCUT2D eigenvalue weighted by molar-refractivity contribution is 7.71. The van der Waals surface area contributed by atoms with E-state index in [9.17, 15) is 22.0 Å². The summed E-state index contributed by atoms with van der Waals surface area (Å²) in [4.78, 5) is 0. The predicted octanol–water partition coefficient (Wildman–Crippen LogP) is 4.19. The third kappa shape index (κ3) is 3.45. The number of hydrogen-bond acceptors (Lipinski definition) is 3. The Labute approximate surface area is 142 Å². The minimum atomic E-state index is -2.99. The van der Waals surface area contributed by atoms with Crippen molar-refractivity contribution in [3.05, 3.63) is 58.1 Å². The first-order valence-electron chi connectivity index (χ1n) is 6.93. The Hall–Kier alpha value is -2.56. The number of aromatic nitrogens is 5. The van der Waals surface area contributed by atoms with Gasteiger partial charge in [-0.05, 0) is 42.5 Å². The van der Waals surface area contributed by atoms with E-state index < -0.39 is 30.1 Å². The lowest BCUT2D eigenvalue weighted by Crippen LogP contribution is -2.12. The van der Waals surface area contributed by atoms with E-state index in [1.165, 1.54) is 28.8 Å². The molecule has 0 saturated carbocycles. The molecule has 0 aliphatic rings. The lowest BCUT2D eigenvalue weighted by molar-refractivity contribution is 0.139. The highest BCUT2D eigenvalue weighted by atomic mass is 32.1. The van der Waals surface area contributed by atoms with Crippen LogP contribution in [-0.2, 0) is 6.54 Å². The van der Waals surface area contributed by atoms with Crippen molar-refractivity contribution in [2.45, 2.75) is 19.4 Å². The Kier molecular flexibility index (Phi) is 4.66. The summed E-state index contributed by atoms with van der Waals surface area (Å²) in [5, 5.41) is 9.93. The van der Waals surface area contributed by atoms with Crippen molar-refractivity contribution < 1.29 is 22.0 Å². The van der Waals surface area contributed by atoms with E-state index in [-0.39, 0.29) is 17.1 Å². The molecule has 0 radical (unpaired) electrons. The molecular formula is C14H10F5N5S. The van der Waals surface area contributed by atoms with Crippen molar-refractivity contribution in [2.24, 2.45) is 0 Å². The van der Waals surface area contributed by atoms with Gasteiger partial charge in [0.05, 0.1) is 0 Å². The zero-order chi connectivity index (χ0) is 18.1. The maximum atomic E-state index is 13.1. The fraction of sp³-hybridized carbons (Fsp3) is 0.214. The van der Waals surface area contributed by atoms with Crippen LogP contribution >= 0.6 is 12.2 Å². The molecule has 0 saturated heterocycles. The normalized spacial score (nSPS) is 11.6. The number of aromatic amines is 1. The molecule has 1 aromatic carbocycles. The second-order valence-electron chi connectivity index (χ2n) is 5.01. The quantitative estimate of drug-likeness (QED) is 0.537. The van der Waals surface area contributed by atoms with Gasteiger partial charge in [-0.1, -0.05) is 0 Å². The zero-order valence-corrected chi connectivity index (χ0v) is 13.2. The van der Waals surface area contributed by atoms with Crippen LogP contribution in [0.25, 0.3) is 5.69 Å². The van der Waals surface area contributed by atoms with Gasteiger partial charge in [-0.25, -0.2) is 22.0 Å². The van der Waals surface area contributed by atoms with Crippen molar-refractivity contribution in [3.8, 4) is 5.69 Å². The summed E-state index contributed by atoms with van der Waals surface area (Å²) < 4.78 is 67.0. The SMILES string of the molecule is Fc1ccc(-n2c(Cn3nc(C(F)F)cc3C(F)F)n[nH]c2=S)cc1. The summed E-state index contributed by atoms with van der Waals surface area (Å²) in [5.41, 5.74) is -0.970. The lowest BCUT2D eigenvalue weighted by Gasteiger charge is -2.09. The number of H-pyrrole nitrogens is 1. The number of halogens is 5. The molecule has 11 heteroatoms. The number of alkyl halides is 4. The van der Waals surface area contributed by atoms with Gasteiger partial charge in [0.15, 0.2) is 10.6 Å². The van der Waals surface area contributed by atoms with Crippen LogP contribution in [0.4, 0.5) is 22.0 Å². The van der Waals surface area contributed by atoms with E-state index in [1.54, 1.807) is 0 Å². The van der Waals surface area contributed by atoms with Gasteiger partial charge in [-0.15, -0.1) is 0 Å². The molecule has 0 fully saturated rings. The van der Waals surface area contributed by atoms with Gasteiger partial charge >= 0.3 is 0 Å². The first-order chi connectivity index (χ1) is 11.9. The summed E-state index contributed by atoms with van der Waals surface area (Å²) in [7, 11) is 0. The molecule has 132 valence electrons. The Bertz CT molecular complexity index is 928. The van der Waals surface area contributed by atoms with E-state index >= 15 is 0 Å². The maximum absolute atomic E-state index is 13.1. The van der Waals surface area contributed by atoms with Crippen molar-refractivity contribution in [1.82, 2.24) is 24.5 Å². The zero-order valence-electron chi connectivity index (χ0n) is 12.3. The molecule has 0 amide bonds. The van der Waals surface area contributed by atoms with Crippen molar-refractivity contribution >= 4 is 12.2 Å².